The topological polar surface area (TPSA) is 80.2 Å². The molecule has 1 atom stereocenters. The first-order chi connectivity index (χ1) is 11.4. The van der Waals surface area contributed by atoms with Crippen LogP contribution in [0.15, 0.2) is 24.3 Å². The summed E-state index contributed by atoms with van der Waals surface area (Å²) in [5, 5.41) is 3.18. The Morgan fingerprint density at radius 1 is 1.42 bits per heavy atom. The van der Waals surface area contributed by atoms with Gasteiger partial charge in [0.05, 0.1) is 25.3 Å². The van der Waals surface area contributed by atoms with Gasteiger partial charge in [-0.1, -0.05) is 0 Å². The number of methoxy groups -OCH3 is 1. The largest absolute Gasteiger partial charge is 0.497 e. The summed E-state index contributed by atoms with van der Waals surface area (Å²) in [7, 11) is 0.623. The molecule has 1 aliphatic rings. The molecule has 1 aromatic carbocycles. The van der Waals surface area contributed by atoms with E-state index in [-0.39, 0.29) is 17.5 Å². The fourth-order valence-electron chi connectivity index (χ4n) is 2.79. The number of hydrogen-bond donors (Lipinski definition) is 1. The minimum Gasteiger partial charge on any atom is -0.497 e. The number of nitrogens with one attached hydrogen (secondary N) is 1. The molecule has 1 aliphatic heterocycles. The molecular formula is C15H20N4O3S2. The highest BCUT2D eigenvalue weighted by Crippen LogP contribution is 2.20. The molecule has 0 saturated carbocycles. The van der Waals surface area contributed by atoms with Crippen LogP contribution in [0.2, 0.25) is 0 Å². The van der Waals surface area contributed by atoms with Gasteiger partial charge in [-0.2, -0.15) is 4.98 Å². The molecule has 0 bridgehead atoms. The summed E-state index contributed by atoms with van der Waals surface area (Å²) in [5.41, 5.74) is 0.909. The van der Waals surface area contributed by atoms with Gasteiger partial charge >= 0.3 is 0 Å². The summed E-state index contributed by atoms with van der Waals surface area (Å²) in [6, 6.07) is 7.56. The van der Waals surface area contributed by atoms with Gasteiger partial charge in [-0.25, -0.2) is 13.1 Å². The standard InChI is InChI=1S/C15H20N4O3S2/c1-18(12-7-8-24(20,21)9-12)10-19-15(23)16-14(17-19)11-3-5-13(22-2)6-4-11/h3-6,12H,7-10H2,1-2H3,(H,16,17,23). The van der Waals surface area contributed by atoms with Crippen molar-refractivity contribution in [3.63, 3.8) is 0 Å². The van der Waals surface area contributed by atoms with Crippen LogP contribution < -0.4 is 4.74 Å². The monoisotopic (exact) mass is 368 g/mol. The van der Waals surface area contributed by atoms with Gasteiger partial charge in [0, 0.05) is 11.6 Å². The van der Waals surface area contributed by atoms with E-state index in [4.69, 9.17) is 17.0 Å². The van der Waals surface area contributed by atoms with Crippen LogP contribution >= 0.6 is 12.2 Å². The predicted molar refractivity (Wildman–Crippen MR) is 94.2 cm³/mol. The third-order valence-corrected chi connectivity index (χ3v) is 6.30. The van der Waals surface area contributed by atoms with Crippen LogP contribution in [0.3, 0.4) is 0 Å². The van der Waals surface area contributed by atoms with E-state index < -0.39 is 9.84 Å². The molecule has 0 amide bonds. The first-order valence-electron chi connectivity index (χ1n) is 7.60. The minimum absolute atomic E-state index is 0.0182. The van der Waals surface area contributed by atoms with Gasteiger partial charge in [0.15, 0.2) is 15.7 Å². The van der Waals surface area contributed by atoms with Crippen LogP contribution in [-0.2, 0) is 16.5 Å². The SMILES string of the molecule is COc1ccc(-c2nc(=S)n(CN(C)C3CCS(=O)(=O)C3)[nH]2)cc1. The lowest BCUT2D eigenvalue weighted by Gasteiger charge is -2.22. The molecule has 24 heavy (non-hydrogen) atoms. The summed E-state index contributed by atoms with van der Waals surface area (Å²) in [5.74, 6) is 1.91. The first-order valence-corrected chi connectivity index (χ1v) is 9.83. The van der Waals surface area contributed by atoms with E-state index in [9.17, 15) is 8.42 Å². The second-order valence-electron chi connectivity index (χ2n) is 5.97. The van der Waals surface area contributed by atoms with Crippen molar-refractivity contribution < 1.29 is 13.2 Å². The zero-order valence-electron chi connectivity index (χ0n) is 13.6. The van der Waals surface area contributed by atoms with Crippen molar-refractivity contribution in [2.75, 3.05) is 25.7 Å². The third kappa shape index (κ3) is 3.68. The van der Waals surface area contributed by atoms with Gasteiger partial charge in [0.2, 0.25) is 4.77 Å². The molecule has 9 heteroatoms. The van der Waals surface area contributed by atoms with Crippen molar-refractivity contribution in [3.05, 3.63) is 29.0 Å². The number of rotatable bonds is 5. The van der Waals surface area contributed by atoms with Gasteiger partial charge in [0.25, 0.3) is 0 Å². The molecule has 1 fully saturated rings. The molecule has 0 radical (unpaired) electrons. The minimum atomic E-state index is -2.90. The van der Waals surface area contributed by atoms with E-state index in [0.29, 0.717) is 23.7 Å². The van der Waals surface area contributed by atoms with Crippen molar-refractivity contribution in [2.45, 2.75) is 19.1 Å². The van der Waals surface area contributed by atoms with Gasteiger partial charge in [-0.15, -0.1) is 0 Å². The highest BCUT2D eigenvalue weighted by Gasteiger charge is 2.30. The van der Waals surface area contributed by atoms with Crippen molar-refractivity contribution in [1.29, 1.82) is 0 Å². The summed E-state index contributed by atoms with van der Waals surface area (Å²) in [4.78, 5) is 6.38. The summed E-state index contributed by atoms with van der Waals surface area (Å²) >= 11 is 5.31. The van der Waals surface area contributed by atoms with Crippen molar-refractivity contribution in [1.82, 2.24) is 19.7 Å². The fourth-order valence-corrected chi connectivity index (χ4v) is 4.79. The fraction of sp³-hybridized carbons (Fsp3) is 0.467. The Morgan fingerprint density at radius 2 is 2.12 bits per heavy atom. The lowest BCUT2D eigenvalue weighted by atomic mass is 10.2. The van der Waals surface area contributed by atoms with Crippen molar-refractivity contribution >= 4 is 22.1 Å². The van der Waals surface area contributed by atoms with Crippen LogP contribution in [0.25, 0.3) is 11.4 Å². The van der Waals surface area contributed by atoms with Crippen LogP contribution in [-0.4, -0.2) is 59.8 Å². The smallest absolute Gasteiger partial charge is 0.217 e. The molecule has 1 aromatic heterocycles. The average Bonchev–Trinajstić information content (AvgIpc) is 3.10. The van der Waals surface area contributed by atoms with Crippen molar-refractivity contribution in [3.8, 4) is 17.1 Å². The third-order valence-electron chi connectivity index (χ3n) is 4.24. The molecule has 0 spiro atoms. The summed E-state index contributed by atoms with van der Waals surface area (Å²) in [6.45, 7) is 0.474. The normalized spacial score (nSPS) is 19.7. The predicted octanol–water partition coefficient (Wildman–Crippen LogP) is 1.69. The molecule has 1 unspecified atom stereocenters. The summed E-state index contributed by atoms with van der Waals surface area (Å²) in [6.07, 6.45) is 0.658. The van der Waals surface area contributed by atoms with Crippen LogP contribution in [0, 0.1) is 4.77 Å². The van der Waals surface area contributed by atoms with E-state index in [2.05, 4.69) is 10.1 Å². The number of nitrogens with zero attached hydrogens (tertiary/aromatic N) is 3. The maximum atomic E-state index is 11.6. The van der Waals surface area contributed by atoms with E-state index in [1.807, 2.05) is 36.2 Å². The Labute approximate surface area is 146 Å². The van der Waals surface area contributed by atoms with Gasteiger partial charge in [-0.05, 0) is 50.0 Å². The summed E-state index contributed by atoms with van der Waals surface area (Å²) < 4.78 is 30.6. The van der Waals surface area contributed by atoms with Gasteiger partial charge in [0.1, 0.15) is 5.75 Å². The van der Waals surface area contributed by atoms with Gasteiger partial charge in [-0.3, -0.25) is 10.00 Å². The Balaban J connectivity index is 1.75. The Kier molecular flexibility index (Phi) is 4.75. The Hall–Kier alpha value is -1.71. The maximum absolute atomic E-state index is 11.6. The first kappa shape index (κ1) is 17.1. The average molecular weight is 368 g/mol. The van der Waals surface area contributed by atoms with Gasteiger partial charge < -0.3 is 4.74 Å². The number of sulfone groups is 1. The van der Waals surface area contributed by atoms with E-state index in [1.54, 1.807) is 11.8 Å². The molecule has 7 nitrogen and oxygen atoms in total. The quantitative estimate of drug-likeness (QED) is 0.809. The zero-order valence-corrected chi connectivity index (χ0v) is 15.2. The molecule has 3 rings (SSSR count). The van der Waals surface area contributed by atoms with Crippen molar-refractivity contribution in [2.24, 2.45) is 0 Å². The van der Waals surface area contributed by atoms with E-state index in [1.165, 1.54) is 0 Å². The molecule has 130 valence electrons. The number of ether oxygens (including phenoxy) is 1. The number of hydrogen-bond acceptors (Lipinski definition) is 6. The van der Waals surface area contributed by atoms with Crippen LogP contribution in [0.5, 0.6) is 5.75 Å². The number of benzene rings is 1. The Morgan fingerprint density at radius 3 is 2.71 bits per heavy atom. The molecule has 2 aromatic rings. The number of H-pyrrole nitrogens is 1. The molecule has 1 N–H and O–H groups in total. The van der Waals surface area contributed by atoms with E-state index in [0.717, 1.165) is 11.3 Å². The molecule has 2 heterocycles. The highest BCUT2D eigenvalue weighted by molar-refractivity contribution is 7.91. The Bertz CT molecular complexity index is 871. The molecule has 0 aliphatic carbocycles. The second-order valence-corrected chi connectivity index (χ2v) is 8.56. The lowest BCUT2D eigenvalue weighted by Crippen LogP contribution is -2.34. The molecule has 1 saturated heterocycles. The highest BCUT2D eigenvalue weighted by atomic mass is 32.2. The van der Waals surface area contributed by atoms with E-state index >= 15 is 0 Å². The number of aromatic nitrogens is 3. The lowest BCUT2D eigenvalue weighted by molar-refractivity contribution is 0.197. The second kappa shape index (κ2) is 6.66. The number of aromatic amines is 1. The zero-order chi connectivity index (χ0) is 17.3. The van der Waals surface area contributed by atoms with Crippen LogP contribution in [0.1, 0.15) is 6.42 Å². The molecular weight excluding hydrogens is 348 g/mol. The maximum Gasteiger partial charge on any atom is 0.217 e. The van der Waals surface area contributed by atoms with Crippen LogP contribution in [0.4, 0.5) is 0 Å².